The molecule has 124 valence electrons. The molecule has 3 aromatic rings. The zero-order chi connectivity index (χ0) is 17.1. The third-order valence-electron chi connectivity index (χ3n) is 3.36. The third kappa shape index (κ3) is 3.62. The number of hydrogen-bond acceptors (Lipinski definition) is 6. The van der Waals surface area contributed by atoms with Crippen molar-refractivity contribution in [3.63, 3.8) is 0 Å². The minimum atomic E-state index is -0.119. The molecule has 24 heavy (non-hydrogen) atoms. The van der Waals surface area contributed by atoms with E-state index in [1.807, 2.05) is 31.3 Å². The van der Waals surface area contributed by atoms with Crippen LogP contribution in [0.3, 0.4) is 0 Å². The summed E-state index contributed by atoms with van der Waals surface area (Å²) in [5.41, 5.74) is 1.26. The number of aromatic nitrogens is 2. The molecule has 0 saturated heterocycles. The second kappa shape index (κ2) is 6.84. The number of carbonyl (C=O) groups is 1. The Labute approximate surface area is 144 Å². The molecule has 0 aliphatic heterocycles. The molecule has 0 spiro atoms. The Morgan fingerprint density at radius 3 is 2.83 bits per heavy atom. The summed E-state index contributed by atoms with van der Waals surface area (Å²) in [5, 5.41) is 4.15. The van der Waals surface area contributed by atoms with Crippen LogP contribution in [-0.2, 0) is 6.54 Å². The zero-order valence-electron chi connectivity index (χ0n) is 13.7. The number of furan rings is 1. The van der Waals surface area contributed by atoms with Crippen LogP contribution in [0.1, 0.15) is 21.1 Å². The SMILES string of the molecule is Cc1ccc(-c2ncc(CNc3ccnc(C(=O)N(C)C)c3)s2)o1. The molecule has 3 rings (SSSR count). The van der Waals surface area contributed by atoms with Gasteiger partial charge in [0.15, 0.2) is 10.8 Å². The summed E-state index contributed by atoms with van der Waals surface area (Å²) < 4.78 is 5.59. The van der Waals surface area contributed by atoms with Gasteiger partial charge in [0.05, 0.1) is 6.54 Å². The van der Waals surface area contributed by atoms with E-state index in [1.54, 1.807) is 37.7 Å². The first-order chi connectivity index (χ1) is 11.5. The highest BCUT2D eigenvalue weighted by Gasteiger charge is 2.11. The molecule has 6 nitrogen and oxygen atoms in total. The fourth-order valence-corrected chi connectivity index (χ4v) is 2.94. The number of pyridine rings is 1. The zero-order valence-corrected chi connectivity index (χ0v) is 14.6. The fraction of sp³-hybridized carbons (Fsp3) is 0.235. The monoisotopic (exact) mass is 342 g/mol. The largest absolute Gasteiger partial charge is 0.459 e. The van der Waals surface area contributed by atoms with Gasteiger partial charge in [-0.15, -0.1) is 11.3 Å². The predicted molar refractivity (Wildman–Crippen MR) is 94.1 cm³/mol. The molecular formula is C17H18N4O2S. The van der Waals surface area contributed by atoms with Crippen LogP contribution in [0, 0.1) is 6.92 Å². The summed E-state index contributed by atoms with van der Waals surface area (Å²) in [6.07, 6.45) is 3.46. The van der Waals surface area contributed by atoms with Crippen LogP contribution < -0.4 is 5.32 Å². The Bertz CT molecular complexity index is 854. The Hall–Kier alpha value is -2.67. The molecular weight excluding hydrogens is 324 g/mol. The summed E-state index contributed by atoms with van der Waals surface area (Å²) in [7, 11) is 3.42. The summed E-state index contributed by atoms with van der Waals surface area (Å²) in [4.78, 5) is 23.0. The van der Waals surface area contributed by atoms with E-state index in [0.717, 1.165) is 27.1 Å². The Balaban J connectivity index is 1.67. The number of carbonyl (C=O) groups excluding carboxylic acids is 1. The number of thiazole rings is 1. The maximum absolute atomic E-state index is 12.0. The van der Waals surface area contributed by atoms with Crippen LogP contribution in [-0.4, -0.2) is 34.9 Å². The summed E-state index contributed by atoms with van der Waals surface area (Å²) in [5.74, 6) is 1.54. The third-order valence-corrected chi connectivity index (χ3v) is 4.37. The van der Waals surface area contributed by atoms with Crippen LogP contribution in [0.25, 0.3) is 10.8 Å². The minimum Gasteiger partial charge on any atom is -0.459 e. The first-order valence-electron chi connectivity index (χ1n) is 7.46. The number of rotatable bonds is 5. The molecule has 3 aromatic heterocycles. The summed E-state index contributed by atoms with van der Waals surface area (Å²) in [6.45, 7) is 2.53. The predicted octanol–water partition coefficient (Wildman–Crippen LogP) is 3.42. The van der Waals surface area contributed by atoms with Gasteiger partial charge in [0.1, 0.15) is 11.5 Å². The van der Waals surface area contributed by atoms with Gasteiger partial charge in [-0.1, -0.05) is 0 Å². The van der Waals surface area contributed by atoms with Crippen molar-refractivity contribution >= 4 is 22.9 Å². The molecule has 0 unspecified atom stereocenters. The molecule has 0 aliphatic carbocycles. The highest BCUT2D eigenvalue weighted by atomic mass is 32.1. The minimum absolute atomic E-state index is 0.119. The van der Waals surface area contributed by atoms with E-state index in [2.05, 4.69) is 15.3 Å². The van der Waals surface area contributed by atoms with Gasteiger partial charge in [-0.05, 0) is 31.2 Å². The van der Waals surface area contributed by atoms with Gasteiger partial charge in [-0.25, -0.2) is 4.98 Å². The number of aryl methyl sites for hydroxylation is 1. The molecule has 0 bridgehead atoms. The van der Waals surface area contributed by atoms with Crippen LogP contribution in [0.2, 0.25) is 0 Å². The van der Waals surface area contributed by atoms with Crippen molar-refractivity contribution in [1.29, 1.82) is 0 Å². The van der Waals surface area contributed by atoms with E-state index in [1.165, 1.54) is 4.90 Å². The van der Waals surface area contributed by atoms with Gasteiger partial charge in [0, 0.05) is 37.1 Å². The summed E-state index contributed by atoms with van der Waals surface area (Å²) >= 11 is 1.58. The second-order valence-electron chi connectivity index (χ2n) is 5.52. The lowest BCUT2D eigenvalue weighted by Crippen LogP contribution is -2.22. The number of hydrogen-bond donors (Lipinski definition) is 1. The number of nitrogens with zero attached hydrogens (tertiary/aromatic N) is 3. The van der Waals surface area contributed by atoms with Crippen molar-refractivity contribution < 1.29 is 9.21 Å². The maximum atomic E-state index is 12.0. The Kier molecular flexibility index (Phi) is 4.61. The topological polar surface area (TPSA) is 71.3 Å². The highest BCUT2D eigenvalue weighted by molar-refractivity contribution is 7.14. The molecule has 1 amide bonds. The molecule has 7 heteroatoms. The molecule has 0 fully saturated rings. The van der Waals surface area contributed by atoms with E-state index >= 15 is 0 Å². The first kappa shape index (κ1) is 16.2. The average molecular weight is 342 g/mol. The van der Waals surface area contributed by atoms with Gasteiger partial charge >= 0.3 is 0 Å². The van der Waals surface area contributed by atoms with E-state index in [9.17, 15) is 4.79 Å². The maximum Gasteiger partial charge on any atom is 0.272 e. The van der Waals surface area contributed by atoms with E-state index in [-0.39, 0.29) is 5.91 Å². The molecule has 0 aliphatic rings. The second-order valence-corrected chi connectivity index (χ2v) is 6.64. The highest BCUT2D eigenvalue weighted by Crippen LogP contribution is 2.27. The average Bonchev–Trinajstić information content (AvgIpc) is 3.21. The Morgan fingerprint density at radius 1 is 1.29 bits per heavy atom. The molecule has 0 radical (unpaired) electrons. The van der Waals surface area contributed by atoms with Crippen LogP contribution in [0.5, 0.6) is 0 Å². The lowest BCUT2D eigenvalue weighted by atomic mass is 10.3. The molecule has 0 aromatic carbocycles. The van der Waals surface area contributed by atoms with Gasteiger partial charge in [0.25, 0.3) is 5.91 Å². The summed E-state index contributed by atoms with van der Waals surface area (Å²) in [6, 6.07) is 7.44. The van der Waals surface area contributed by atoms with Gasteiger partial charge in [-0.3, -0.25) is 9.78 Å². The van der Waals surface area contributed by atoms with Crippen LogP contribution in [0.15, 0.2) is 41.1 Å². The van der Waals surface area contributed by atoms with E-state index in [4.69, 9.17) is 4.42 Å². The van der Waals surface area contributed by atoms with Gasteiger partial charge in [0.2, 0.25) is 0 Å². The Morgan fingerprint density at radius 2 is 2.12 bits per heavy atom. The normalized spacial score (nSPS) is 10.6. The lowest BCUT2D eigenvalue weighted by molar-refractivity contribution is 0.0822. The molecule has 3 heterocycles. The van der Waals surface area contributed by atoms with Gasteiger partial charge in [-0.2, -0.15) is 0 Å². The van der Waals surface area contributed by atoms with E-state index in [0.29, 0.717) is 12.2 Å². The van der Waals surface area contributed by atoms with E-state index < -0.39 is 0 Å². The van der Waals surface area contributed by atoms with Crippen molar-refractivity contribution in [2.75, 3.05) is 19.4 Å². The number of anilines is 1. The number of nitrogens with one attached hydrogen (secondary N) is 1. The van der Waals surface area contributed by atoms with Crippen molar-refractivity contribution in [3.8, 4) is 10.8 Å². The van der Waals surface area contributed by atoms with Crippen LogP contribution >= 0.6 is 11.3 Å². The van der Waals surface area contributed by atoms with Gasteiger partial charge < -0.3 is 14.6 Å². The molecule has 0 saturated carbocycles. The molecule has 1 N–H and O–H groups in total. The molecule has 0 atom stereocenters. The first-order valence-corrected chi connectivity index (χ1v) is 8.27. The smallest absolute Gasteiger partial charge is 0.272 e. The van der Waals surface area contributed by atoms with Crippen molar-refractivity contribution in [3.05, 3.63) is 53.0 Å². The quantitative estimate of drug-likeness (QED) is 0.769. The standard InChI is InChI=1S/C17H18N4O2S/c1-11-4-5-15(23-11)16-20-10-13(24-16)9-19-12-6-7-18-14(8-12)17(22)21(2)3/h4-8,10H,9H2,1-3H3,(H,18,19). The fourth-order valence-electron chi connectivity index (χ4n) is 2.13. The van der Waals surface area contributed by atoms with Crippen molar-refractivity contribution in [1.82, 2.24) is 14.9 Å². The lowest BCUT2D eigenvalue weighted by Gasteiger charge is -2.10. The van der Waals surface area contributed by atoms with Crippen LogP contribution in [0.4, 0.5) is 5.69 Å². The number of amides is 1. The van der Waals surface area contributed by atoms with Crippen molar-refractivity contribution in [2.24, 2.45) is 0 Å². The van der Waals surface area contributed by atoms with Crippen molar-refractivity contribution in [2.45, 2.75) is 13.5 Å².